The minimum Gasteiger partial charge on any atom is -0.289 e. The molecule has 0 amide bonds. The number of halogens is 1. The van der Waals surface area contributed by atoms with Gasteiger partial charge in [0.15, 0.2) is 5.78 Å². The van der Waals surface area contributed by atoms with Gasteiger partial charge in [-0.15, -0.1) is 0 Å². The van der Waals surface area contributed by atoms with Crippen molar-refractivity contribution in [2.75, 3.05) is 0 Å². The first-order valence-corrected chi connectivity index (χ1v) is 7.11. The second-order valence-electron chi connectivity index (χ2n) is 4.10. The quantitative estimate of drug-likeness (QED) is 0.440. The fraction of sp³-hybridized carbons (Fsp3) is 0.0625. The molecule has 0 aromatic heterocycles. The van der Waals surface area contributed by atoms with Gasteiger partial charge in [0, 0.05) is 15.5 Å². The number of aryl methyl sites for hydroxylation is 1. The topological polar surface area (TPSA) is 17.1 Å². The zero-order valence-corrected chi connectivity index (χ0v) is 12.0. The Balaban J connectivity index is 1.97. The molecule has 2 aromatic carbocycles. The highest BCUT2D eigenvalue weighted by molar-refractivity contribution is 8.02. The summed E-state index contributed by atoms with van der Waals surface area (Å²) in [5.41, 5.74) is 1.86. The first-order valence-electron chi connectivity index (χ1n) is 5.85. The summed E-state index contributed by atoms with van der Waals surface area (Å²) >= 11 is 7.30. The molecule has 2 rings (SSSR count). The Morgan fingerprint density at radius 1 is 1.05 bits per heavy atom. The molecule has 2 aromatic rings. The van der Waals surface area contributed by atoms with E-state index in [1.54, 1.807) is 11.5 Å². The van der Waals surface area contributed by atoms with Crippen LogP contribution < -0.4 is 0 Å². The summed E-state index contributed by atoms with van der Waals surface area (Å²) < 4.78 is 0. The van der Waals surface area contributed by atoms with E-state index in [0.29, 0.717) is 10.6 Å². The van der Waals surface area contributed by atoms with E-state index in [2.05, 4.69) is 0 Å². The van der Waals surface area contributed by atoms with E-state index in [9.17, 15) is 4.79 Å². The lowest BCUT2D eigenvalue weighted by Crippen LogP contribution is -1.93. The van der Waals surface area contributed by atoms with E-state index in [0.717, 1.165) is 10.5 Å². The van der Waals surface area contributed by atoms with Gasteiger partial charge in [-0.1, -0.05) is 53.2 Å². The Labute approximate surface area is 122 Å². The molecule has 0 radical (unpaired) electrons. The van der Waals surface area contributed by atoms with E-state index in [1.807, 2.05) is 55.5 Å². The molecule has 0 aliphatic rings. The van der Waals surface area contributed by atoms with Gasteiger partial charge in [0.05, 0.1) is 0 Å². The number of carbonyl (C=O) groups excluding carboxylic acids is 1. The predicted molar refractivity (Wildman–Crippen MR) is 82.0 cm³/mol. The second kappa shape index (κ2) is 6.60. The van der Waals surface area contributed by atoms with Gasteiger partial charge in [0.1, 0.15) is 0 Å². The van der Waals surface area contributed by atoms with Crippen LogP contribution in [0.25, 0.3) is 0 Å². The third-order valence-electron chi connectivity index (χ3n) is 2.57. The molecule has 96 valence electrons. The third kappa shape index (κ3) is 4.27. The largest absolute Gasteiger partial charge is 0.289 e. The molecule has 3 heteroatoms. The van der Waals surface area contributed by atoms with Gasteiger partial charge in [-0.25, -0.2) is 0 Å². The molecule has 0 unspecified atom stereocenters. The number of hydrogen-bond acceptors (Lipinski definition) is 2. The van der Waals surface area contributed by atoms with Crippen LogP contribution in [0.5, 0.6) is 0 Å². The summed E-state index contributed by atoms with van der Waals surface area (Å²) in [4.78, 5) is 12.9. The Morgan fingerprint density at radius 3 is 2.32 bits per heavy atom. The van der Waals surface area contributed by atoms with Crippen molar-refractivity contribution in [3.63, 3.8) is 0 Å². The van der Waals surface area contributed by atoms with Crippen molar-refractivity contribution in [2.45, 2.75) is 11.8 Å². The van der Waals surface area contributed by atoms with Gasteiger partial charge < -0.3 is 0 Å². The minimum absolute atomic E-state index is 0.0152. The predicted octanol–water partition coefficient (Wildman–Crippen LogP) is 5.14. The fourth-order valence-corrected chi connectivity index (χ4v) is 2.27. The van der Waals surface area contributed by atoms with Crippen LogP contribution in [0.2, 0.25) is 5.02 Å². The van der Waals surface area contributed by atoms with Crippen molar-refractivity contribution in [1.82, 2.24) is 0 Å². The summed E-state index contributed by atoms with van der Waals surface area (Å²) in [6.45, 7) is 2.00. The van der Waals surface area contributed by atoms with E-state index in [1.165, 1.54) is 11.8 Å². The van der Waals surface area contributed by atoms with Crippen molar-refractivity contribution in [2.24, 2.45) is 0 Å². The monoisotopic (exact) mass is 288 g/mol. The first kappa shape index (κ1) is 13.9. The number of rotatable bonds is 4. The highest BCUT2D eigenvalue weighted by Gasteiger charge is 2.00. The number of thioether (sulfide) groups is 1. The molecule has 19 heavy (non-hydrogen) atoms. The van der Waals surface area contributed by atoms with Crippen LogP contribution in [-0.2, 0) is 0 Å². The maximum absolute atomic E-state index is 11.9. The highest BCUT2D eigenvalue weighted by atomic mass is 35.5. The van der Waals surface area contributed by atoms with Gasteiger partial charge in [-0.05, 0) is 42.7 Å². The van der Waals surface area contributed by atoms with Gasteiger partial charge in [-0.2, -0.15) is 0 Å². The Kier molecular flexibility index (Phi) is 4.83. The molecule has 0 spiro atoms. The lowest BCUT2D eigenvalue weighted by atomic mass is 10.1. The van der Waals surface area contributed by atoms with Crippen molar-refractivity contribution in [3.8, 4) is 0 Å². The molecule has 0 aliphatic heterocycles. The van der Waals surface area contributed by atoms with Gasteiger partial charge in [-0.3, -0.25) is 4.79 Å². The maximum atomic E-state index is 11.9. The van der Waals surface area contributed by atoms with Crippen LogP contribution in [0.15, 0.2) is 64.9 Å². The van der Waals surface area contributed by atoms with Crippen LogP contribution >= 0.6 is 23.4 Å². The number of carbonyl (C=O) groups is 1. The molecule has 0 aliphatic carbocycles. The van der Waals surface area contributed by atoms with Gasteiger partial charge in [0.2, 0.25) is 0 Å². The fourth-order valence-electron chi connectivity index (χ4n) is 1.50. The molecule has 0 fully saturated rings. The lowest BCUT2D eigenvalue weighted by Gasteiger charge is -1.97. The first-order chi connectivity index (χ1) is 9.15. The van der Waals surface area contributed by atoms with Crippen LogP contribution in [0.1, 0.15) is 15.9 Å². The van der Waals surface area contributed by atoms with E-state index < -0.39 is 0 Å². The standard InChI is InChI=1S/C16H13ClOS/c1-12-2-4-13(5-3-12)16(18)10-11-19-15-8-6-14(17)7-9-15/h2-11H,1H3/b11-10+. The lowest BCUT2D eigenvalue weighted by molar-refractivity contribution is 0.104. The number of allylic oxidation sites excluding steroid dienone is 1. The minimum atomic E-state index is 0.0152. The Morgan fingerprint density at radius 2 is 1.68 bits per heavy atom. The van der Waals surface area contributed by atoms with Crippen molar-refractivity contribution in [1.29, 1.82) is 0 Å². The SMILES string of the molecule is Cc1ccc(C(=O)/C=C/Sc2ccc(Cl)cc2)cc1. The normalized spacial score (nSPS) is 10.8. The van der Waals surface area contributed by atoms with E-state index >= 15 is 0 Å². The third-order valence-corrected chi connectivity index (χ3v) is 3.64. The summed E-state index contributed by atoms with van der Waals surface area (Å²) in [5.74, 6) is 0.0152. The molecular formula is C16H13ClOS. The smallest absolute Gasteiger partial charge is 0.186 e. The zero-order valence-electron chi connectivity index (χ0n) is 10.5. The summed E-state index contributed by atoms with van der Waals surface area (Å²) in [7, 11) is 0. The molecule has 1 nitrogen and oxygen atoms in total. The second-order valence-corrected chi connectivity index (χ2v) is 5.52. The van der Waals surface area contributed by atoms with Crippen molar-refractivity contribution >= 4 is 29.1 Å². The van der Waals surface area contributed by atoms with Crippen LogP contribution in [0.3, 0.4) is 0 Å². The van der Waals surface area contributed by atoms with Gasteiger partial charge >= 0.3 is 0 Å². The number of ketones is 1. The Bertz CT molecular complexity index is 585. The zero-order chi connectivity index (χ0) is 13.7. The van der Waals surface area contributed by atoms with E-state index in [4.69, 9.17) is 11.6 Å². The van der Waals surface area contributed by atoms with Crippen LogP contribution in [-0.4, -0.2) is 5.78 Å². The van der Waals surface area contributed by atoms with Crippen molar-refractivity contribution < 1.29 is 4.79 Å². The molecule has 0 heterocycles. The highest BCUT2D eigenvalue weighted by Crippen LogP contribution is 2.21. The summed E-state index contributed by atoms with van der Waals surface area (Å²) in [5, 5.41) is 2.51. The number of hydrogen-bond donors (Lipinski definition) is 0. The van der Waals surface area contributed by atoms with Gasteiger partial charge in [0.25, 0.3) is 0 Å². The molecule has 0 saturated heterocycles. The average Bonchev–Trinajstić information content (AvgIpc) is 2.41. The van der Waals surface area contributed by atoms with Crippen LogP contribution in [0.4, 0.5) is 0 Å². The molecule has 0 atom stereocenters. The summed E-state index contributed by atoms with van der Waals surface area (Å²) in [6, 6.07) is 15.1. The van der Waals surface area contributed by atoms with E-state index in [-0.39, 0.29) is 5.78 Å². The number of benzene rings is 2. The molecular weight excluding hydrogens is 276 g/mol. The van der Waals surface area contributed by atoms with Crippen LogP contribution in [0, 0.1) is 6.92 Å². The molecule has 0 saturated carbocycles. The Hall–Kier alpha value is -1.51. The average molecular weight is 289 g/mol. The molecule has 0 N–H and O–H groups in total. The molecule has 0 bridgehead atoms. The summed E-state index contributed by atoms with van der Waals surface area (Å²) in [6.07, 6.45) is 1.59. The van der Waals surface area contributed by atoms with Crippen molar-refractivity contribution in [3.05, 3.63) is 76.2 Å². The maximum Gasteiger partial charge on any atom is 0.186 e.